The Morgan fingerprint density at radius 2 is 0.500 bits per heavy atom. The van der Waals surface area contributed by atoms with Gasteiger partial charge in [-0.2, -0.15) is 24.4 Å². The summed E-state index contributed by atoms with van der Waals surface area (Å²) in [5.41, 5.74) is -15.2. The first-order chi connectivity index (χ1) is 68.1. The number of alkyl carbamates (subject to hydrolysis) is 12. The molecule has 0 aromatic carbocycles. The molecule has 55 nitrogen and oxygen atoms in total. The quantitative estimate of drug-likeness (QED) is 0.0174. The van der Waals surface area contributed by atoms with E-state index in [1.807, 2.05) is 0 Å². The van der Waals surface area contributed by atoms with Crippen LogP contribution in [0.2, 0.25) is 0 Å². The molecular weight excluding hydrogens is 2030 g/mol. The van der Waals surface area contributed by atoms with Crippen molar-refractivity contribution < 1.29 is 178 Å². The molecule has 3 aliphatic heterocycles. The van der Waals surface area contributed by atoms with Gasteiger partial charge in [0.05, 0.1) is 44.5 Å². The highest BCUT2D eigenvalue weighted by atomic mass is 32.2. The van der Waals surface area contributed by atoms with E-state index in [1.165, 1.54) is 249 Å². The molecule has 1 saturated carbocycles. The third-order valence-electron chi connectivity index (χ3n) is 17.7. The zero-order valence-electron chi connectivity index (χ0n) is 92.5. The number of aliphatic imine (C=N–C) groups is 6. The van der Waals surface area contributed by atoms with Crippen molar-refractivity contribution in [1.29, 1.82) is 0 Å². The van der Waals surface area contributed by atoms with Crippen LogP contribution in [-0.4, -0.2) is 367 Å². The summed E-state index contributed by atoms with van der Waals surface area (Å²) in [6.45, 7) is 52.1. The van der Waals surface area contributed by atoms with Crippen molar-refractivity contribution in [3.05, 3.63) is 0 Å². The molecule has 858 valence electrons. The Morgan fingerprint density at radius 1 is 0.273 bits per heavy atom. The zero-order chi connectivity index (χ0) is 115. The van der Waals surface area contributed by atoms with Crippen molar-refractivity contribution in [2.75, 3.05) is 43.6 Å². The molecule has 12 amide bonds. The molecule has 150 heavy (non-hydrogen) atoms. The third kappa shape index (κ3) is 53.1. The highest BCUT2D eigenvalue weighted by molar-refractivity contribution is 7.99. The van der Waals surface area contributed by atoms with E-state index < -0.39 is 312 Å². The summed E-state index contributed by atoms with van der Waals surface area (Å²) >= 11 is 5.36. The van der Waals surface area contributed by atoms with E-state index in [9.17, 15) is 88.2 Å². The summed E-state index contributed by atoms with van der Waals surface area (Å²) in [6, 6.07) is -8.68. The molecule has 11 unspecified atom stereocenters. The Morgan fingerprint density at radius 3 is 0.753 bits per heavy atom. The number of aliphatic hydroxyl groups is 6. The van der Waals surface area contributed by atoms with Gasteiger partial charge in [0, 0.05) is 17.3 Å². The molecule has 18 N–H and O–H groups in total. The maximum atomic E-state index is 14.5. The fraction of sp³-hybridized carbons (Fsp3) is 0.806. The standard InChI is InChI=1S/C93H162N18O37S2/c1-82(2,3)137-70(118)100-64(101-71(119)138-83(4,5)6)94-42-47-53(113)55(115)50(98-68(108-78(126)145-90(25,26)27)109-79(127)146-91(28,29)30)61(131-47)134-58-46(97-67(106-76(124)143-88(19,20)21)107-77(125)144-89(22,23)24)41-45(96-66(104-74(122)141-86(13,14)15)105-75(123)142-87(16,17)18)52(112)60(58)136-63-57(117)59(49(133-63)44-150-40-38-130-37-39-149)135-62-51(99-69(110-80(128)147-92(31,32)33)111-81(129)148-93(34,35)36)56(116)54(114)48(132-62)43-95-65(102-72(120)139-84(7,8)9)103-73(121)140-85(10,11)12/h45-63,112-117,149H,37-44H2,1-36H3,(H2,94,100,101,118,119)(H2,95,102,103,120,121)(H2,96,104,105,122,123)(H2,97,106,107,124,125)(H2,98,108,109,126,127)(H2,99,110,111,128,129)/t45-,46?,47?,48?,49-,50?,51-,52?,53-,54-,55?,56?,57?,58-,59?,60?,61-,62?,63+/m1/s1. The van der Waals surface area contributed by atoms with Gasteiger partial charge in [-0.1, -0.05) is 0 Å². The van der Waals surface area contributed by atoms with Crippen LogP contribution in [0.25, 0.3) is 0 Å². The van der Waals surface area contributed by atoms with Gasteiger partial charge in [0.25, 0.3) is 0 Å². The number of carbonyl (C=O) groups is 12. The summed E-state index contributed by atoms with van der Waals surface area (Å²) in [5.74, 6) is -5.02. The van der Waals surface area contributed by atoms with Gasteiger partial charge in [-0.3, -0.25) is 63.8 Å². The van der Waals surface area contributed by atoms with Gasteiger partial charge < -0.3 is 121 Å². The lowest BCUT2D eigenvalue weighted by atomic mass is 9.83. The molecule has 3 heterocycles. The average Bonchev–Trinajstić information content (AvgIpc) is 0.998. The van der Waals surface area contributed by atoms with Crippen LogP contribution in [0.4, 0.5) is 57.5 Å². The predicted octanol–water partition coefficient (Wildman–Crippen LogP) is 7.47. The van der Waals surface area contributed by atoms with Crippen LogP contribution in [0.1, 0.15) is 256 Å². The van der Waals surface area contributed by atoms with Gasteiger partial charge in [0.1, 0.15) is 146 Å². The minimum atomic E-state index is -2.52. The highest BCUT2D eigenvalue weighted by Crippen LogP contribution is 2.40. The van der Waals surface area contributed by atoms with E-state index >= 15 is 0 Å². The Bertz CT molecular complexity index is 4540. The van der Waals surface area contributed by atoms with Crippen LogP contribution < -0.4 is 63.8 Å². The smallest absolute Gasteiger partial charge is 0.414 e. The molecule has 0 spiro atoms. The van der Waals surface area contributed by atoms with Crippen LogP contribution in [0.5, 0.6) is 0 Å². The number of carbonyl (C=O) groups excluding carboxylic acids is 12. The van der Waals surface area contributed by atoms with E-state index in [4.69, 9.17) is 100.0 Å². The van der Waals surface area contributed by atoms with Crippen molar-refractivity contribution in [2.24, 2.45) is 30.0 Å². The average molecular weight is 2190 g/mol. The number of hydrogen-bond donors (Lipinski definition) is 19. The Labute approximate surface area is 883 Å². The fourth-order valence-corrected chi connectivity index (χ4v) is 13.9. The molecule has 0 radical (unpaired) electrons. The van der Waals surface area contributed by atoms with E-state index in [1.54, 1.807) is 0 Å². The lowest BCUT2D eigenvalue weighted by Crippen LogP contribution is -2.64. The van der Waals surface area contributed by atoms with Gasteiger partial charge in [0.15, 0.2) is 18.9 Å². The van der Waals surface area contributed by atoms with Gasteiger partial charge in [-0.15, -0.1) is 0 Å². The number of nitrogens with zero attached hydrogens (tertiary/aromatic N) is 6. The van der Waals surface area contributed by atoms with Crippen LogP contribution in [-0.2, 0) is 90.0 Å². The SMILES string of the molecule is CC(C)(C)OC(=O)NC(=NCC1O[C@H](O[C@@H]2C(N=C(NC(=O)OC(C)(C)C)NC(=O)OC(C)(C)C)C[C@@H](N=C(NC(=O)OC(C)(C)C)NC(=O)OC(C)(C)C)C(O)C2O[C@@H]2O[C@H](CSCCOCCS)C(OC3OC(CN=C(NC(=O)OC(C)(C)C)NC(=O)OC(C)(C)C)[C@@H](O)C(O)[C@H]3N=C(NC(=O)OC(C)(C)C)NC(=O)OC(C)(C)C)C2O)C(N=C(NC(=O)OC(C)(C)C)NC(=O)OC(C)(C)C)C(O)[C@@H]1O)NC(=O)OC(C)(C)C. The normalized spacial score (nSPS) is 23.9. The first-order valence-electron chi connectivity index (χ1n) is 48.2. The summed E-state index contributed by atoms with van der Waals surface area (Å²) in [4.78, 5) is 195. The van der Waals surface area contributed by atoms with Gasteiger partial charge in [-0.25, -0.2) is 87.5 Å². The maximum absolute atomic E-state index is 14.5. The molecule has 0 bridgehead atoms. The van der Waals surface area contributed by atoms with Crippen molar-refractivity contribution in [2.45, 2.75) is 439 Å². The number of thiol groups is 1. The molecule has 19 atom stereocenters. The molecular formula is C93H162N18O37S2. The first-order valence-corrected chi connectivity index (χ1v) is 50.0. The number of aliphatic hydroxyl groups excluding tert-OH is 6. The maximum Gasteiger partial charge on any atom is 0.414 e. The van der Waals surface area contributed by atoms with Crippen molar-refractivity contribution in [3.8, 4) is 0 Å². The van der Waals surface area contributed by atoms with Crippen LogP contribution in [0, 0.1) is 0 Å². The predicted molar refractivity (Wildman–Crippen MR) is 545 cm³/mol. The number of guanidine groups is 6. The van der Waals surface area contributed by atoms with Gasteiger partial charge in [0.2, 0.25) is 35.8 Å². The van der Waals surface area contributed by atoms with E-state index in [-0.39, 0.29) is 30.5 Å². The van der Waals surface area contributed by atoms with Crippen molar-refractivity contribution in [3.63, 3.8) is 0 Å². The number of rotatable bonds is 21. The number of nitrogens with one attached hydrogen (secondary N) is 12. The van der Waals surface area contributed by atoms with Crippen LogP contribution in [0.3, 0.4) is 0 Å². The van der Waals surface area contributed by atoms with E-state index in [0.717, 1.165) is 11.8 Å². The number of thioether (sulfide) groups is 1. The molecule has 4 rings (SSSR count). The second-order valence-electron chi connectivity index (χ2n) is 46.4. The molecule has 3 saturated heterocycles. The monoisotopic (exact) mass is 2190 g/mol. The number of amides is 12. The highest BCUT2D eigenvalue weighted by Gasteiger charge is 2.58. The van der Waals surface area contributed by atoms with Gasteiger partial charge in [-0.05, 0) is 256 Å². The largest absolute Gasteiger partial charge is 0.444 e. The van der Waals surface area contributed by atoms with Crippen LogP contribution >= 0.6 is 24.4 Å². The second kappa shape index (κ2) is 54.8. The summed E-state index contributed by atoms with van der Waals surface area (Å²) < 4.78 is 114. The Hall–Kier alpha value is -10.6. The van der Waals surface area contributed by atoms with Crippen molar-refractivity contribution >= 4 is 133 Å². The van der Waals surface area contributed by atoms with Crippen molar-refractivity contribution in [1.82, 2.24) is 63.8 Å². The third-order valence-corrected chi connectivity index (χ3v) is 18.9. The summed E-state index contributed by atoms with van der Waals surface area (Å²) in [7, 11) is 0. The molecule has 57 heteroatoms. The molecule has 4 aliphatic rings. The molecule has 0 aromatic heterocycles. The first kappa shape index (κ1) is 132. The van der Waals surface area contributed by atoms with Gasteiger partial charge >= 0.3 is 73.1 Å². The zero-order valence-corrected chi connectivity index (χ0v) is 94.2. The second-order valence-corrected chi connectivity index (χ2v) is 48.0. The molecule has 4 fully saturated rings. The molecule has 0 aromatic rings. The summed E-state index contributed by atoms with van der Waals surface area (Å²) in [5, 5.41) is 106. The minimum Gasteiger partial charge on any atom is -0.444 e. The van der Waals surface area contributed by atoms with Crippen LogP contribution in [0.15, 0.2) is 30.0 Å². The lowest BCUT2D eigenvalue weighted by Gasteiger charge is -2.47. The van der Waals surface area contributed by atoms with E-state index in [0.29, 0.717) is 0 Å². The Kier molecular flexibility index (Phi) is 48.1. The number of hydrogen-bond acceptors (Lipinski definition) is 45. The topological polar surface area (TPSA) is 720 Å². The Balaban J connectivity index is 2.50. The lowest BCUT2D eigenvalue weighted by molar-refractivity contribution is -0.306. The summed E-state index contributed by atoms with van der Waals surface area (Å²) in [6.07, 6.45) is -50.3. The van der Waals surface area contributed by atoms with E-state index in [2.05, 4.69) is 96.4 Å². The fourth-order valence-electron chi connectivity index (χ4n) is 12.8. The minimum absolute atomic E-state index is 0.0283. The molecule has 1 aliphatic carbocycles. The number of ether oxygens (including phenoxy) is 19.